The van der Waals surface area contributed by atoms with Crippen molar-refractivity contribution in [3.63, 3.8) is 0 Å². The van der Waals surface area contributed by atoms with E-state index < -0.39 is 5.82 Å². The maximum atomic E-state index is 12.6. The van der Waals surface area contributed by atoms with Crippen LogP contribution in [-0.2, 0) is 6.42 Å². The van der Waals surface area contributed by atoms with Crippen LogP contribution in [-0.4, -0.2) is 21.7 Å². The van der Waals surface area contributed by atoms with E-state index in [1.807, 2.05) is 12.1 Å². The number of rotatable bonds is 4. The van der Waals surface area contributed by atoms with Crippen molar-refractivity contribution in [3.05, 3.63) is 48.0 Å². The van der Waals surface area contributed by atoms with Gasteiger partial charge in [0.05, 0.1) is 12.4 Å². The molecule has 0 amide bonds. The summed E-state index contributed by atoms with van der Waals surface area (Å²) in [5, 5.41) is 8.91. The SMILES string of the molecule is OCCc1ccccc1Oc1ncc(F)cn1. The summed E-state index contributed by atoms with van der Waals surface area (Å²) in [6, 6.07) is 7.33. The molecule has 0 aliphatic heterocycles. The van der Waals surface area contributed by atoms with Crippen molar-refractivity contribution < 1.29 is 14.2 Å². The summed E-state index contributed by atoms with van der Waals surface area (Å²) in [5.74, 6) is 0.0501. The molecule has 0 radical (unpaired) electrons. The summed E-state index contributed by atoms with van der Waals surface area (Å²) in [6.45, 7) is 0.0324. The third-order valence-corrected chi connectivity index (χ3v) is 2.15. The maximum Gasteiger partial charge on any atom is 0.322 e. The van der Waals surface area contributed by atoms with Gasteiger partial charge in [-0.1, -0.05) is 18.2 Å². The second-order valence-corrected chi connectivity index (χ2v) is 3.37. The minimum absolute atomic E-state index is 0.0324. The average molecular weight is 234 g/mol. The van der Waals surface area contributed by atoms with Crippen LogP contribution >= 0.6 is 0 Å². The normalized spacial score (nSPS) is 10.2. The largest absolute Gasteiger partial charge is 0.424 e. The highest BCUT2D eigenvalue weighted by Crippen LogP contribution is 2.22. The van der Waals surface area contributed by atoms with Crippen molar-refractivity contribution >= 4 is 0 Å². The van der Waals surface area contributed by atoms with Gasteiger partial charge in [-0.3, -0.25) is 0 Å². The Morgan fingerprint density at radius 2 is 1.88 bits per heavy atom. The van der Waals surface area contributed by atoms with Crippen LogP contribution in [0.3, 0.4) is 0 Å². The monoisotopic (exact) mass is 234 g/mol. The lowest BCUT2D eigenvalue weighted by atomic mass is 10.1. The fourth-order valence-corrected chi connectivity index (χ4v) is 1.38. The Balaban J connectivity index is 2.20. The molecule has 2 aromatic rings. The molecule has 0 unspecified atom stereocenters. The van der Waals surface area contributed by atoms with E-state index in [1.165, 1.54) is 0 Å². The molecule has 1 heterocycles. The van der Waals surface area contributed by atoms with Crippen molar-refractivity contribution in [2.75, 3.05) is 6.61 Å². The molecule has 88 valence electrons. The Hall–Kier alpha value is -2.01. The number of nitrogens with zero attached hydrogens (tertiary/aromatic N) is 2. The predicted molar refractivity (Wildman–Crippen MR) is 59.3 cm³/mol. The minimum Gasteiger partial charge on any atom is -0.424 e. The van der Waals surface area contributed by atoms with Crippen LogP contribution in [0.25, 0.3) is 0 Å². The molecule has 0 saturated carbocycles. The fraction of sp³-hybridized carbons (Fsp3) is 0.167. The molecule has 0 spiro atoms. The van der Waals surface area contributed by atoms with Gasteiger partial charge in [-0.05, 0) is 18.1 Å². The van der Waals surface area contributed by atoms with E-state index in [2.05, 4.69) is 9.97 Å². The van der Waals surface area contributed by atoms with Gasteiger partial charge in [-0.15, -0.1) is 0 Å². The second kappa shape index (κ2) is 5.36. The van der Waals surface area contributed by atoms with E-state index >= 15 is 0 Å². The quantitative estimate of drug-likeness (QED) is 0.878. The predicted octanol–water partition coefficient (Wildman–Crippen LogP) is 1.94. The van der Waals surface area contributed by atoms with Crippen LogP contribution in [0.2, 0.25) is 0 Å². The third-order valence-electron chi connectivity index (χ3n) is 2.15. The zero-order valence-corrected chi connectivity index (χ0v) is 9.01. The number of hydrogen-bond acceptors (Lipinski definition) is 4. The van der Waals surface area contributed by atoms with Gasteiger partial charge in [0, 0.05) is 6.61 Å². The van der Waals surface area contributed by atoms with E-state index in [0.717, 1.165) is 18.0 Å². The van der Waals surface area contributed by atoms with Crippen LogP contribution in [0, 0.1) is 5.82 Å². The first-order valence-corrected chi connectivity index (χ1v) is 5.14. The van der Waals surface area contributed by atoms with E-state index in [9.17, 15) is 4.39 Å². The van der Waals surface area contributed by atoms with Crippen LogP contribution < -0.4 is 4.74 Å². The molecular weight excluding hydrogens is 223 g/mol. The van der Waals surface area contributed by atoms with E-state index in [1.54, 1.807) is 12.1 Å². The highest BCUT2D eigenvalue weighted by molar-refractivity contribution is 5.35. The van der Waals surface area contributed by atoms with Crippen LogP contribution in [0.1, 0.15) is 5.56 Å². The number of aromatic nitrogens is 2. The number of halogens is 1. The van der Waals surface area contributed by atoms with Gasteiger partial charge in [0.25, 0.3) is 0 Å². The molecule has 0 bridgehead atoms. The highest BCUT2D eigenvalue weighted by atomic mass is 19.1. The highest BCUT2D eigenvalue weighted by Gasteiger charge is 2.05. The first-order chi connectivity index (χ1) is 8.29. The Kier molecular flexibility index (Phi) is 3.62. The minimum atomic E-state index is -0.513. The first-order valence-electron chi connectivity index (χ1n) is 5.14. The molecule has 2 rings (SSSR count). The number of para-hydroxylation sites is 1. The van der Waals surface area contributed by atoms with E-state index in [0.29, 0.717) is 12.2 Å². The fourth-order valence-electron chi connectivity index (χ4n) is 1.38. The Bertz CT molecular complexity index is 488. The smallest absolute Gasteiger partial charge is 0.322 e. The molecule has 0 atom stereocenters. The number of benzene rings is 1. The maximum absolute atomic E-state index is 12.6. The first kappa shape index (κ1) is 11.5. The molecule has 1 aromatic heterocycles. The molecule has 0 saturated heterocycles. The molecule has 1 N–H and O–H groups in total. The molecule has 4 nitrogen and oxygen atoms in total. The summed E-state index contributed by atoms with van der Waals surface area (Å²) in [7, 11) is 0. The van der Waals surface area contributed by atoms with Gasteiger partial charge in [0.1, 0.15) is 5.75 Å². The number of aliphatic hydroxyl groups is 1. The number of hydrogen-bond donors (Lipinski definition) is 1. The van der Waals surface area contributed by atoms with Crippen molar-refractivity contribution in [2.45, 2.75) is 6.42 Å². The second-order valence-electron chi connectivity index (χ2n) is 3.37. The van der Waals surface area contributed by atoms with Gasteiger partial charge in [-0.2, -0.15) is 0 Å². The summed E-state index contributed by atoms with van der Waals surface area (Å²) in [6.07, 6.45) is 2.56. The van der Waals surface area contributed by atoms with Crippen LogP contribution in [0.4, 0.5) is 4.39 Å². The standard InChI is InChI=1S/C12H11FN2O2/c13-10-7-14-12(15-8-10)17-11-4-2-1-3-9(11)5-6-16/h1-4,7-8,16H,5-6H2. The van der Waals surface area contributed by atoms with Gasteiger partial charge < -0.3 is 9.84 Å². The molecule has 0 aliphatic carbocycles. The molecule has 0 aliphatic rings. The summed E-state index contributed by atoms with van der Waals surface area (Å²) < 4.78 is 18.0. The summed E-state index contributed by atoms with van der Waals surface area (Å²) in [4.78, 5) is 7.41. The topological polar surface area (TPSA) is 55.2 Å². The third kappa shape index (κ3) is 2.98. The molecule has 17 heavy (non-hydrogen) atoms. The lowest BCUT2D eigenvalue weighted by Crippen LogP contribution is -1.97. The molecule has 5 heteroatoms. The van der Waals surface area contributed by atoms with Crippen LogP contribution in [0.5, 0.6) is 11.8 Å². The lowest BCUT2D eigenvalue weighted by Gasteiger charge is -2.08. The number of aliphatic hydroxyl groups excluding tert-OH is 1. The van der Waals surface area contributed by atoms with Crippen molar-refractivity contribution in [3.8, 4) is 11.8 Å². The van der Waals surface area contributed by atoms with Gasteiger partial charge in [0.15, 0.2) is 5.82 Å². The molecule has 0 fully saturated rings. The Morgan fingerprint density at radius 3 is 2.59 bits per heavy atom. The molecule has 1 aromatic carbocycles. The van der Waals surface area contributed by atoms with Gasteiger partial charge in [-0.25, -0.2) is 14.4 Å². The average Bonchev–Trinajstić information content (AvgIpc) is 2.35. The Morgan fingerprint density at radius 1 is 1.18 bits per heavy atom. The van der Waals surface area contributed by atoms with E-state index in [-0.39, 0.29) is 12.6 Å². The zero-order valence-electron chi connectivity index (χ0n) is 9.01. The number of ether oxygens (including phenoxy) is 1. The van der Waals surface area contributed by atoms with E-state index in [4.69, 9.17) is 9.84 Å². The molecular formula is C12H11FN2O2. The Labute approximate surface area is 97.7 Å². The van der Waals surface area contributed by atoms with Crippen LogP contribution in [0.15, 0.2) is 36.7 Å². The van der Waals surface area contributed by atoms with Gasteiger partial charge >= 0.3 is 6.01 Å². The van der Waals surface area contributed by atoms with Crippen molar-refractivity contribution in [2.24, 2.45) is 0 Å². The lowest BCUT2D eigenvalue weighted by molar-refractivity contribution is 0.297. The summed E-state index contributed by atoms with van der Waals surface area (Å²) in [5.41, 5.74) is 0.850. The van der Waals surface area contributed by atoms with Crippen molar-refractivity contribution in [1.82, 2.24) is 9.97 Å². The van der Waals surface area contributed by atoms with Gasteiger partial charge in [0.2, 0.25) is 0 Å². The van der Waals surface area contributed by atoms with Crippen molar-refractivity contribution in [1.29, 1.82) is 0 Å². The zero-order chi connectivity index (χ0) is 12.1. The summed E-state index contributed by atoms with van der Waals surface area (Å²) >= 11 is 0.